The largest absolute Gasteiger partial charge is 0.375 e. The zero-order chi connectivity index (χ0) is 20.5. The fraction of sp³-hybridized carbons (Fsp3) is 0.524. The van der Waals surface area contributed by atoms with Gasteiger partial charge in [-0.05, 0) is 33.5 Å². The maximum Gasteiger partial charge on any atom is 0.194 e. The van der Waals surface area contributed by atoms with E-state index >= 15 is 0 Å². The lowest BCUT2D eigenvalue weighted by Gasteiger charge is -2.25. The minimum atomic E-state index is 0.0256. The van der Waals surface area contributed by atoms with Crippen LogP contribution in [0, 0.1) is 0 Å². The van der Waals surface area contributed by atoms with E-state index in [1.165, 1.54) is 5.56 Å². The number of thiazole rings is 1. The molecule has 154 valence electrons. The molecule has 2 rings (SSSR count). The van der Waals surface area contributed by atoms with Gasteiger partial charge in [0.1, 0.15) is 11.1 Å². The van der Waals surface area contributed by atoms with Gasteiger partial charge in [0, 0.05) is 26.1 Å². The van der Waals surface area contributed by atoms with Crippen LogP contribution in [0.25, 0.3) is 0 Å². The Morgan fingerprint density at radius 3 is 2.57 bits per heavy atom. The average Bonchev–Trinajstić information content (AvgIpc) is 3.15. The van der Waals surface area contributed by atoms with E-state index in [1.807, 2.05) is 20.0 Å². The van der Waals surface area contributed by atoms with Crippen molar-refractivity contribution in [2.75, 3.05) is 41.3 Å². The molecule has 0 aliphatic rings. The molecule has 0 aliphatic carbocycles. The van der Waals surface area contributed by atoms with E-state index in [0.29, 0.717) is 13.1 Å². The summed E-state index contributed by atoms with van der Waals surface area (Å²) in [5.41, 5.74) is 2.30. The van der Waals surface area contributed by atoms with Gasteiger partial charge in [0.05, 0.1) is 24.8 Å². The van der Waals surface area contributed by atoms with Crippen LogP contribution in [-0.2, 0) is 11.3 Å². The summed E-state index contributed by atoms with van der Waals surface area (Å²) < 4.78 is 5.36. The summed E-state index contributed by atoms with van der Waals surface area (Å²) in [6.07, 6.45) is 0.0256. The summed E-state index contributed by atoms with van der Waals surface area (Å²) in [5, 5.41) is 6.50. The molecule has 2 atom stereocenters. The molecular weight excluding hydrogens is 370 g/mol. The molecule has 0 spiro atoms. The Kier molecular flexibility index (Phi) is 8.89. The minimum Gasteiger partial charge on any atom is -0.375 e. The number of rotatable bonds is 9. The van der Waals surface area contributed by atoms with Crippen molar-refractivity contribution in [3.63, 3.8) is 0 Å². The van der Waals surface area contributed by atoms with Gasteiger partial charge in [-0.15, -0.1) is 11.3 Å². The summed E-state index contributed by atoms with van der Waals surface area (Å²) >= 11 is 1.64. The van der Waals surface area contributed by atoms with Crippen molar-refractivity contribution in [1.29, 1.82) is 0 Å². The second-order valence-corrected chi connectivity index (χ2v) is 7.89. The van der Waals surface area contributed by atoms with E-state index in [9.17, 15) is 0 Å². The molecule has 1 aromatic carbocycles. The third-order valence-corrected chi connectivity index (χ3v) is 5.64. The Morgan fingerprint density at radius 1 is 1.25 bits per heavy atom. The van der Waals surface area contributed by atoms with E-state index in [1.54, 1.807) is 18.4 Å². The molecular formula is C21H33N5OS. The maximum atomic E-state index is 5.36. The number of nitrogens with one attached hydrogen (secondary N) is 1. The molecule has 1 aromatic heterocycles. The van der Waals surface area contributed by atoms with Crippen molar-refractivity contribution in [3.8, 4) is 0 Å². The van der Waals surface area contributed by atoms with Crippen molar-refractivity contribution in [3.05, 3.63) is 52.0 Å². The fourth-order valence-corrected chi connectivity index (χ4v) is 3.73. The molecule has 2 aromatic rings. The van der Waals surface area contributed by atoms with Crippen LogP contribution in [0.2, 0.25) is 0 Å². The molecule has 1 N–H and O–H groups in total. The highest BCUT2D eigenvalue weighted by atomic mass is 32.1. The van der Waals surface area contributed by atoms with Crippen LogP contribution >= 0.6 is 11.3 Å². The summed E-state index contributed by atoms with van der Waals surface area (Å²) in [5.74, 6) is 0.889. The highest BCUT2D eigenvalue weighted by Crippen LogP contribution is 2.21. The first kappa shape index (κ1) is 22.3. The van der Waals surface area contributed by atoms with Crippen LogP contribution in [0.3, 0.4) is 0 Å². The van der Waals surface area contributed by atoms with Crippen molar-refractivity contribution < 1.29 is 4.74 Å². The van der Waals surface area contributed by atoms with E-state index in [2.05, 4.69) is 65.8 Å². The molecule has 28 heavy (non-hydrogen) atoms. The predicted molar refractivity (Wildman–Crippen MR) is 118 cm³/mol. The number of ether oxygens (including phenoxy) is 1. The normalized spacial score (nSPS) is 14.2. The van der Waals surface area contributed by atoms with Crippen molar-refractivity contribution >= 4 is 17.3 Å². The van der Waals surface area contributed by atoms with Crippen LogP contribution in [0.1, 0.15) is 42.3 Å². The molecule has 6 nitrogen and oxygen atoms in total. The number of guanidine groups is 1. The first-order chi connectivity index (χ1) is 13.5. The number of methoxy groups -OCH3 is 1. The second-order valence-electron chi connectivity index (χ2n) is 7.00. The lowest BCUT2D eigenvalue weighted by molar-refractivity contribution is 0.119. The molecule has 1 heterocycles. The standard InChI is InChI=1S/C21H33N5OS/c1-7-22-21(23-13-19(25(3)4)17-11-9-8-10-12-17)26(5)14-18-15-28-20(24-18)16(2)27-6/h8-12,15-16,19H,7,13-14H2,1-6H3,(H,22,23). The summed E-state index contributed by atoms with van der Waals surface area (Å²) in [4.78, 5) is 13.9. The van der Waals surface area contributed by atoms with E-state index in [4.69, 9.17) is 14.7 Å². The number of hydrogen-bond acceptors (Lipinski definition) is 5. The quantitative estimate of drug-likeness (QED) is 0.513. The van der Waals surface area contributed by atoms with Crippen molar-refractivity contribution in [2.45, 2.75) is 32.5 Å². The van der Waals surface area contributed by atoms with Crippen LogP contribution in [-0.4, -0.2) is 62.1 Å². The molecule has 2 unspecified atom stereocenters. The van der Waals surface area contributed by atoms with Crippen LogP contribution in [0.4, 0.5) is 0 Å². The third kappa shape index (κ3) is 6.29. The molecule has 0 bridgehead atoms. The van der Waals surface area contributed by atoms with Gasteiger partial charge < -0.3 is 19.9 Å². The summed E-state index contributed by atoms with van der Waals surface area (Å²) in [7, 11) is 7.95. The molecule has 0 saturated heterocycles. The number of likely N-dealkylation sites (N-methyl/N-ethyl adjacent to an activating group) is 1. The SMILES string of the molecule is CCNC(=NCC(c1ccccc1)N(C)C)N(C)Cc1csc(C(C)OC)n1. The topological polar surface area (TPSA) is 53.0 Å². The highest BCUT2D eigenvalue weighted by molar-refractivity contribution is 7.09. The monoisotopic (exact) mass is 403 g/mol. The number of aromatic nitrogens is 1. The van der Waals surface area contributed by atoms with E-state index in [-0.39, 0.29) is 12.1 Å². The molecule has 7 heteroatoms. The number of aliphatic imine (C=N–C) groups is 1. The number of nitrogens with zero attached hydrogens (tertiary/aromatic N) is 4. The molecule has 0 fully saturated rings. The molecule has 0 aliphatic heterocycles. The smallest absolute Gasteiger partial charge is 0.194 e. The van der Waals surface area contributed by atoms with Crippen molar-refractivity contribution in [2.24, 2.45) is 4.99 Å². The van der Waals surface area contributed by atoms with Gasteiger partial charge in [0.15, 0.2) is 5.96 Å². The Bertz CT molecular complexity index is 731. The Hall–Kier alpha value is -1.96. The zero-order valence-corrected chi connectivity index (χ0v) is 18.7. The molecule has 0 radical (unpaired) electrons. The third-order valence-electron chi connectivity index (χ3n) is 4.59. The minimum absolute atomic E-state index is 0.0256. The van der Waals surface area contributed by atoms with Gasteiger partial charge in [-0.1, -0.05) is 30.3 Å². The van der Waals surface area contributed by atoms with Gasteiger partial charge in [-0.3, -0.25) is 4.99 Å². The van der Waals surface area contributed by atoms with Crippen LogP contribution < -0.4 is 5.32 Å². The molecule has 0 saturated carbocycles. The second kappa shape index (κ2) is 11.1. The highest BCUT2D eigenvalue weighted by Gasteiger charge is 2.16. The number of benzene rings is 1. The first-order valence-corrected chi connectivity index (χ1v) is 10.5. The lowest BCUT2D eigenvalue weighted by atomic mass is 10.1. The summed E-state index contributed by atoms with van der Waals surface area (Å²) in [6.45, 7) is 6.32. The Morgan fingerprint density at radius 2 is 1.96 bits per heavy atom. The first-order valence-electron chi connectivity index (χ1n) is 9.64. The van der Waals surface area contributed by atoms with Gasteiger partial charge in [0.2, 0.25) is 0 Å². The van der Waals surface area contributed by atoms with Gasteiger partial charge in [-0.2, -0.15) is 0 Å². The predicted octanol–water partition coefficient (Wildman–Crippen LogP) is 3.55. The van der Waals surface area contributed by atoms with Crippen LogP contribution in [0.5, 0.6) is 0 Å². The van der Waals surface area contributed by atoms with E-state index < -0.39 is 0 Å². The number of hydrogen-bond donors (Lipinski definition) is 1. The Balaban J connectivity index is 2.10. The fourth-order valence-electron chi connectivity index (χ4n) is 2.89. The lowest BCUT2D eigenvalue weighted by Crippen LogP contribution is -2.39. The zero-order valence-electron chi connectivity index (χ0n) is 17.8. The van der Waals surface area contributed by atoms with E-state index in [0.717, 1.165) is 23.2 Å². The average molecular weight is 404 g/mol. The van der Waals surface area contributed by atoms with Gasteiger partial charge in [0.25, 0.3) is 0 Å². The molecule has 0 amide bonds. The van der Waals surface area contributed by atoms with Gasteiger partial charge >= 0.3 is 0 Å². The Labute approximate surface area is 173 Å². The van der Waals surface area contributed by atoms with Crippen molar-refractivity contribution in [1.82, 2.24) is 20.1 Å². The van der Waals surface area contributed by atoms with Crippen LogP contribution in [0.15, 0.2) is 40.7 Å². The maximum absolute atomic E-state index is 5.36. The summed E-state index contributed by atoms with van der Waals surface area (Å²) in [6, 6.07) is 10.7. The van der Waals surface area contributed by atoms with Gasteiger partial charge in [-0.25, -0.2) is 4.98 Å².